The number of hydrogen-bond acceptors (Lipinski definition) is 7. The van der Waals surface area contributed by atoms with Gasteiger partial charge in [-0.05, 0) is 63.3 Å². The highest BCUT2D eigenvalue weighted by atomic mass is 35.5. The molecule has 4 unspecified atom stereocenters. The monoisotopic (exact) mass is 561 g/mol. The van der Waals surface area contributed by atoms with E-state index in [0.29, 0.717) is 27.1 Å². The highest BCUT2D eigenvalue weighted by Gasteiger charge is 2.42. The Morgan fingerprint density at radius 2 is 1.74 bits per heavy atom. The molecule has 3 aliphatic rings. The lowest BCUT2D eigenvalue weighted by atomic mass is 9.75. The Kier molecular flexibility index (Phi) is 7.99. The van der Waals surface area contributed by atoms with Crippen LogP contribution in [0.2, 0.25) is 10.0 Å². The minimum absolute atomic E-state index is 0.0697. The molecule has 4 atom stereocenters. The number of rotatable bonds is 6. The number of carbonyl (C=O) groups is 1. The van der Waals surface area contributed by atoms with Crippen molar-refractivity contribution in [3.8, 4) is 11.5 Å². The second-order valence-electron chi connectivity index (χ2n) is 11.1. The minimum atomic E-state index is -0.159. The summed E-state index contributed by atoms with van der Waals surface area (Å²) in [6, 6.07) is 9.80. The normalized spacial score (nSPS) is 26.5. The van der Waals surface area contributed by atoms with Crippen LogP contribution < -0.4 is 35.9 Å². The number of halogens is 2. The SMILES string of the molecule is COc1cc(OC)c(Cl)c(C2CCC3C(C2)NNC3NC(=O)c2ccc(N3CCNC(C)(C)C3)cc2)c1Cl. The Morgan fingerprint density at radius 3 is 2.37 bits per heavy atom. The molecule has 38 heavy (non-hydrogen) atoms. The number of benzene rings is 2. The van der Waals surface area contributed by atoms with Gasteiger partial charge in [0, 0.05) is 60.0 Å². The molecule has 2 aromatic rings. The average Bonchev–Trinajstić information content (AvgIpc) is 3.30. The Bertz CT molecular complexity index is 1150. The molecule has 0 aromatic heterocycles. The molecule has 2 aliphatic heterocycles. The number of amides is 1. The molecule has 8 nitrogen and oxygen atoms in total. The van der Waals surface area contributed by atoms with E-state index in [0.717, 1.165) is 50.1 Å². The standard InChI is InChI=1S/C28H37Cl2N5O3/c1-28(2)15-35(12-11-31-28)18-8-5-16(6-9-18)27(36)32-26-19-10-7-17(13-20(19)33-34-26)23-24(29)21(37-3)14-22(38-4)25(23)30/h5-6,8-9,14,17,19-20,26,31,33-34H,7,10-13,15H2,1-4H3,(H,32,36). The van der Waals surface area contributed by atoms with Gasteiger partial charge in [0.15, 0.2) is 0 Å². The van der Waals surface area contributed by atoms with E-state index in [1.54, 1.807) is 20.3 Å². The summed E-state index contributed by atoms with van der Waals surface area (Å²) in [5.41, 5.74) is 9.43. The quantitative estimate of drug-likeness (QED) is 0.418. The van der Waals surface area contributed by atoms with E-state index in [1.165, 1.54) is 0 Å². The minimum Gasteiger partial charge on any atom is -0.495 e. The second-order valence-corrected chi connectivity index (χ2v) is 11.9. The van der Waals surface area contributed by atoms with Crippen molar-refractivity contribution >= 4 is 34.8 Å². The van der Waals surface area contributed by atoms with Crippen LogP contribution in [0.3, 0.4) is 0 Å². The molecule has 10 heteroatoms. The Hall–Kier alpha value is -2.23. The van der Waals surface area contributed by atoms with E-state index < -0.39 is 0 Å². The van der Waals surface area contributed by atoms with Gasteiger partial charge in [0.1, 0.15) is 11.5 Å². The Morgan fingerprint density at radius 1 is 1.05 bits per heavy atom. The van der Waals surface area contributed by atoms with Crippen LogP contribution in [0.15, 0.2) is 30.3 Å². The highest BCUT2D eigenvalue weighted by Crippen LogP contribution is 2.49. The fourth-order valence-corrected chi connectivity index (χ4v) is 6.95. The summed E-state index contributed by atoms with van der Waals surface area (Å²) in [5, 5.41) is 7.79. The number of anilines is 1. The molecule has 3 fully saturated rings. The summed E-state index contributed by atoms with van der Waals surface area (Å²) in [4.78, 5) is 15.5. The number of nitrogens with zero attached hydrogens (tertiary/aromatic N) is 1. The number of fused-ring (bicyclic) bond motifs is 1. The lowest BCUT2D eigenvalue weighted by molar-refractivity contribution is 0.0915. The van der Waals surface area contributed by atoms with Crippen LogP contribution in [0, 0.1) is 5.92 Å². The molecule has 4 N–H and O–H groups in total. The maximum atomic E-state index is 13.1. The summed E-state index contributed by atoms with van der Waals surface area (Å²) >= 11 is 13.4. The molecule has 1 aliphatic carbocycles. The number of nitrogens with one attached hydrogen (secondary N) is 4. The highest BCUT2D eigenvalue weighted by molar-refractivity contribution is 6.38. The molecule has 206 valence electrons. The van der Waals surface area contributed by atoms with Crippen molar-refractivity contribution in [3.63, 3.8) is 0 Å². The zero-order chi connectivity index (χ0) is 27.0. The molecule has 0 spiro atoms. The van der Waals surface area contributed by atoms with E-state index in [2.05, 4.69) is 40.2 Å². The van der Waals surface area contributed by atoms with Crippen LogP contribution in [0.1, 0.15) is 54.9 Å². The first-order valence-corrected chi connectivity index (χ1v) is 14.0. The molecular weight excluding hydrogens is 525 g/mol. The molecule has 2 aromatic carbocycles. The van der Waals surface area contributed by atoms with Gasteiger partial charge in [-0.15, -0.1) is 0 Å². The van der Waals surface area contributed by atoms with Crippen molar-refractivity contribution in [2.24, 2.45) is 5.92 Å². The first kappa shape index (κ1) is 27.3. The van der Waals surface area contributed by atoms with Gasteiger partial charge >= 0.3 is 0 Å². The van der Waals surface area contributed by atoms with E-state index in [1.807, 2.05) is 24.3 Å². The van der Waals surface area contributed by atoms with Crippen molar-refractivity contribution in [3.05, 3.63) is 51.5 Å². The summed E-state index contributed by atoms with van der Waals surface area (Å²) in [6.45, 7) is 7.25. The fourth-order valence-electron chi connectivity index (χ4n) is 6.14. The third-order valence-corrected chi connectivity index (χ3v) is 8.90. The summed E-state index contributed by atoms with van der Waals surface area (Å²) < 4.78 is 10.9. The number of hydrogen-bond donors (Lipinski definition) is 4. The van der Waals surface area contributed by atoms with Gasteiger partial charge in [0.2, 0.25) is 0 Å². The van der Waals surface area contributed by atoms with Gasteiger partial charge in [0.25, 0.3) is 5.91 Å². The van der Waals surface area contributed by atoms with Gasteiger partial charge in [0.05, 0.1) is 30.4 Å². The first-order chi connectivity index (χ1) is 18.2. The molecular formula is C28H37Cl2N5O3. The van der Waals surface area contributed by atoms with Gasteiger partial charge < -0.3 is 25.0 Å². The van der Waals surface area contributed by atoms with Gasteiger partial charge in [-0.25, -0.2) is 5.43 Å². The molecule has 0 bridgehead atoms. The topological polar surface area (TPSA) is 86.9 Å². The van der Waals surface area contributed by atoms with Crippen LogP contribution in [-0.4, -0.2) is 57.5 Å². The predicted octanol–water partition coefficient (Wildman–Crippen LogP) is 4.32. The summed E-state index contributed by atoms with van der Waals surface area (Å²) in [5.74, 6) is 1.43. The van der Waals surface area contributed by atoms with E-state index in [4.69, 9.17) is 32.7 Å². The van der Waals surface area contributed by atoms with E-state index in [9.17, 15) is 4.79 Å². The van der Waals surface area contributed by atoms with Crippen LogP contribution in [0.25, 0.3) is 0 Å². The van der Waals surface area contributed by atoms with Crippen LogP contribution >= 0.6 is 23.2 Å². The molecule has 1 saturated carbocycles. The third-order valence-electron chi connectivity index (χ3n) is 8.12. The van der Waals surface area contributed by atoms with Crippen molar-refractivity contribution in [2.75, 3.05) is 38.8 Å². The zero-order valence-electron chi connectivity index (χ0n) is 22.4. The lowest BCUT2D eigenvalue weighted by Gasteiger charge is -2.40. The second kappa shape index (κ2) is 11.1. The van der Waals surface area contributed by atoms with E-state index in [-0.39, 0.29) is 35.5 Å². The molecule has 1 amide bonds. The number of hydrazine groups is 1. The zero-order valence-corrected chi connectivity index (χ0v) is 23.9. The first-order valence-electron chi connectivity index (χ1n) is 13.2. The molecule has 5 rings (SSSR count). The van der Waals surface area contributed by atoms with Gasteiger partial charge in [-0.1, -0.05) is 23.2 Å². The average molecular weight is 563 g/mol. The van der Waals surface area contributed by atoms with Crippen LogP contribution in [0.5, 0.6) is 11.5 Å². The molecule has 0 radical (unpaired) electrons. The number of piperazine rings is 1. The maximum Gasteiger partial charge on any atom is 0.252 e. The van der Waals surface area contributed by atoms with Crippen LogP contribution in [0.4, 0.5) is 5.69 Å². The largest absolute Gasteiger partial charge is 0.495 e. The Labute approximate surface area is 234 Å². The van der Waals surface area contributed by atoms with Gasteiger partial charge in [-0.3, -0.25) is 10.2 Å². The number of methoxy groups -OCH3 is 2. The molecule has 2 saturated heterocycles. The summed E-state index contributed by atoms with van der Waals surface area (Å²) in [7, 11) is 3.18. The van der Waals surface area contributed by atoms with Crippen molar-refractivity contribution < 1.29 is 14.3 Å². The molecule has 2 heterocycles. The fraction of sp³-hybridized carbons (Fsp3) is 0.536. The number of carbonyl (C=O) groups excluding carboxylic acids is 1. The predicted molar refractivity (Wildman–Crippen MR) is 152 cm³/mol. The lowest BCUT2D eigenvalue weighted by Crippen LogP contribution is -2.57. The van der Waals surface area contributed by atoms with Crippen molar-refractivity contribution in [1.29, 1.82) is 0 Å². The van der Waals surface area contributed by atoms with Crippen molar-refractivity contribution in [2.45, 2.75) is 56.8 Å². The third kappa shape index (κ3) is 5.42. The maximum absolute atomic E-state index is 13.1. The smallest absolute Gasteiger partial charge is 0.252 e. The van der Waals surface area contributed by atoms with Crippen LogP contribution in [-0.2, 0) is 0 Å². The van der Waals surface area contributed by atoms with Crippen molar-refractivity contribution in [1.82, 2.24) is 21.5 Å². The van der Waals surface area contributed by atoms with Gasteiger partial charge in [-0.2, -0.15) is 0 Å². The summed E-state index contributed by atoms with van der Waals surface area (Å²) in [6.07, 6.45) is 2.47. The Balaban J connectivity index is 1.22. The number of ether oxygens (including phenoxy) is 2. The van der Waals surface area contributed by atoms with E-state index >= 15 is 0 Å².